The summed E-state index contributed by atoms with van der Waals surface area (Å²) in [6.07, 6.45) is 2.20. The number of hydrogen-bond donors (Lipinski definition) is 0. The first-order valence-electron chi connectivity index (χ1n) is 6.17. The third-order valence-corrected chi connectivity index (χ3v) is 8.94. The van der Waals surface area contributed by atoms with Gasteiger partial charge in [0, 0.05) is 12.5 Å². The highest BCUT2D eigenvalue weighted by molar-refractivity contribution is 6.83. The highest BCUT2D eigenvalue weighted by atomic mass is 28.3. The molecule has 1 saturated heterocycles. The molecule has 0 aliphatic carbocycles. The number of β-lactam (4-membered cyclic amide) rings is 1. The maximum atomic E-state index is 11.3. The zero-order valence-corrected chi connectivity index (χ0v) is 12.5. The van der Waals surface area contributed by atoms with E-state index in [1.54, 1.807) is 4.90 Å². The second kappa shape index (κ2) is 4.92. The monoisotopic (exact) mass is 253 g/mol. The Bertz CT molecular complexity index is 307. The number of carbonyl (C=O) groups is 2. The van der Waals surface area contributed by atoms with Gasteiger partial charge in [-0.25, -0.2) is 0 Å². The van der Waals surface area contributed by atoms with Gasteiger partial charge in [0.15, 0.2) is 0 Å². The first-order chi connectivity index (χ1) is 7.69. The van der Waals surface area contributed by atoms with Gasteiger partial charge in [-0.05, 0) is 17.5 Å². The molecule has 96 valence electrons. The van der Waals surface area contributed by atoms with Crippen molar-refractivity contribution in [3.8, 4) is 0 Å². The van der Waals surface area contributed by atoms with Crippen LogP contribution in [-0.4, -0.2) is 37.8 Å². The van der Waals surface area contributed by atoms with E-state index in [9.17, 15) is 9.59 Å². The van der Waals surface area contributed by atoms with Gasteiger partial charge in [0.05, 0.1) is 14.6 Å². The van der Waals surface area contributed by atoms with E-state index in [-0.39, 0.29) is 23.5 Å². The molecule has 0 spiro atoms. The topological polar surface area (TPSA) is 37.4 Å². The van der Waals surface area contributed by atoms with Crippen LogP contribution in [-0.2, 0) is 9.59 Å². The van der Waals surface area contributed by atoms with Crippen LogP contribution in [0.2, 0.25) is 18.1 Å². The second-order valence-electron chi connectivity index (χ2n) is 6.33. The molecule has 1 amide bonds. The second-order valence-corrected chi connectivity index (χ2v) is 11.4. The molecule has 1 aliphatic heterocycles. The molecular weight excluding hydrogens is 230 g/mol. The Morgan fingerprint density at radius 2 is 2.06 bits per heavy atom. The molecule has 3 nitrogen and oxygen atoms in total. The molecular formula is C13H23NO2Si. The molecule has 1 fully saturated rings. The first kappa shape index (κ1) is 14.4. The van der Waals surface area contributed by atoms with Gasteiger partial charge >= 0.3 is 0 Å². The van der Waals surface area contributed by atoms with Crippen molar-refractivity contribution in [3.63, 3.8) is 0 Å². The molecule has 0 aromatic rings. The molecule has 1 rings (SSSR count). The van der Waals surface area contributed by atoms with E-state index < -0.39 is 8.07 Å². The van der Waals surface area contributed by atoms with Crippen LogP contribution in [0, 0.1) is 6.04 Å². The lowest BCUT2D eigenvalue weighted by atomic mass is 10.00. The summed E-state index contributed by atoms with van der Waals surface area (Å²) in [4.78, 5) is 23.4. The van der Waals surface area contributed by atoms with Gasteiger partial charge in [0.2, 0.25) is 5.91 Å². The highest BCUT2D eigenvalue weighted by Gasteiger charge is 2.40. The summed E-state index contributed by atoms with van der Waals surface area (Å²) >= 11 is 0. The Kier molecular flexibility index (Phi) is 4.18. The predicted molar refractivity (Wildman–Crippen MR) is 71.2 cm³/mol. The van der Waals surface area contributed by atoms with Crippen LogP contribution in [0.1, 0.15) is 33.6 Å². The van der Waals surface area contributed by atoms with Crippen molar-refractivity contribution in [2.45, 2.75) is 57.8 Å². The minimum atomic E-state index is -1.50. The van der Waals surface area contributed by atoms with Gasteiger partial charge in [-0.1, -0.05) is 33.9 Å². The lowest BCUT2D eigenvalue weighted by molar-refractivity contribution is -0.147. The van der Waals surface area contributed by atoms with Crippen LogP contribution in [0.15, 0.2) is 0 Å². The molecule has 0 bridgehead atoms. The van der Waals surface area contributed by atoms with Gasteiger partial charge in [-0.3, -0.25) is 4.79 Å². The zero-order valence-electron chi connectivity index (χ0n) is 11.5. The lowest BCUT2D eigenvalue weighted by Crippen LogP contribution is -2.54. The van der Waals surface area contributed by atoms with E-state index in [1.165, 1.54) is 0 Å². The summed E-state index contributed by atoms with van der Waals surface area (Å²) in [5, 5.41) is 0.288. The first-order valence-corrected chi connectivity index (χ1v) is 9.17. The Balaban J connectivity index is 2.47. The molecule has 17 heavy (non-hydrogen) atoms. The van der Waals surface area contributed by atoms with Crippen LogP contribution in [0.3, 0.4) is 0 Å². The number of amides is 1. The zero-order chi connectivity index (χ0) is 13.3. The van der Waals surface area contributed by atoms with E-state index in [1.807, 2.05) is 0 Å². The minimum Gasteiger partial charge on any atom is -0.332 e. The van der Waals surface area contributed by atoms with Crippen LogP contribution in [0.25, 0.3) is 0 Å². The molecule has 0 saturated carbocycles. The normalized spacial score (nSPS) is 21.4. The van der Waals surface area contributed by atoms with Gasteiger partial charge in [0.1, 0.15) is 6.29 Å². The highest BCUT2D eigenvalue weighted by Crippen LogP contribution is 2.39. The maximum absolute atomic E-state index is 11.3. The Morgan fingerprint density at radius 1 is 1.47 bits per heavy atom. The van der Waals surface area contributed by atoms with Crippen molar-refractivity contribution in [2.24, 2.45) is 0 Å². The largest absolute Gasteiger partial charge is 0.332 e. The van der Waals surface area contributed by atoms with Gasteiger partial charge in [-0.15, -0.1) is 0 Å². The molecule has 0 aromatic heterocycles. The van der Waals surface area contributed by atoms with Crippen LogP contribution >= 0.6 is 0 Å². The van der Waals surface area contributed by atoms with Crippen molar-refractivity contribution in [2.75, 3.05) is 6.54 Å². The van der Waals surface area contributed by atoms with E-state index >= 15 is 0 Å². The molecule has 1 heterocycles. The summed E-state index contributed by atoms with van der Waals surface area (Å²) in [6, 6.07) is 3.85. The fraction of sp³-hybridized carbons (Fsp3) is 0.769. The Labute approximate surface area is 106 Å². The average molecular weight is 253 g/mol. The van der Waals surface area contributed by atoms with Gasteiger partial charge in [0.25, 0.3) is 0 Å². The van der Waals surface area contributed by atoms with E-state index in [0.29, 0.717) is 6.42 Å². The number of likely N-dealkylation sites (tertiary alicyclic amines) is 1. The number of nitrogens with zero attached hydrogens (tertiary/aromatic N) is 1. The maximum Gasteiger partial charge on any atom is 0.225 e. The Morgan fingerprint density at radius 3 is 2.47 bits per heavy atom. The lowest BCUT2D eigenvalue weighted by Gasteiger charge is -2.43. The molecule has 0 aromatic carbocycles. The molecule has 1 unspecified atom stereocenters. The molecule has 0 N–H and O–H groups in total. The SMILES string of the molecule is CC(C)(C)[Si](C)(C)[C]CC1CC(=O)N1CC=O. The number of rotatable bonds is 5. The van der Waals surface area contributed by atoms with E-state index in [0.717, 1.165) is 12.7 Å². The van der Waals surface area contributed by atoms with Crippen molar-refractivity contribution in [1.29, 1.82) is 0 Å². The summed E-state index contributed by atoms with van der Waals surface area (Å²) in [5.74, 6) is 0.0964. The van der Waals surface area contributed by atoms with Crippen LogP contribution in [0.5, 0.6) is 0 Å². The number of aldehydes is 1. The summed E-state index contributed by atoms with van der Waals surface area (Å²) in [7, 11) is -1.50. The van der Waals surface area contributed by atoms with Crippen molar-refractivity contribution in [1.82, 2.24) is 4.90 Å². The fourth-order valence-electron chi connectivity index (χ4n) is 1.67. The average Bonchev–Trinajstić information content (AvgIpc) is 2.19. The number of hydrogen-bond acceptors (Lipinski definition) is 2. The van der Waals surface area contributed by atoms with Crippen molar-refractivity contribution < 1.29 is 9.59 Å². The molecule has 1 aliphatic rings. The van der Waals surface area contributed by atoms with Crippen molar-refractivity contribution in [3.05, 3.63) is 6.04 Å². The standard InChI is InChI=1S/C13H23NO2Si/c1-13(2,3)17(4,5)9-6-11-10-12(16)14(11)7-8-15/h8,11H,6-7,10H2,1-5H3. The minimum absolute atomic E-state index is 0.0964. The van der Waals surface area contributed by atoms with E-state index in [4.69, 9.17) is 0 Å². The summed E-state index contributed by atoms with van der Waals surface area (Å²) < 4.78 is 0. The summed E-state index contributed by atoms with van der Waals surface area (Å²) in [6.45, 7) is 11.6. The van der Waals surface area contributed by atoms with Gasteiger partial charge < -0.3 is 9.69 Å². The predicted octanol–water partition coefficient (Wildman–Crippen LogP) is 2.31. The number of carbonyl (C=O) groups excluding carboxylic acids is 2. The van der Waals surface area contributed by atoms with Crippen LogP contribution < -0.4 is 0 Å². The molecule has 4 heteroatoms. The summed E-state index contributed by atoms with van der Waals surface area (Å²) in [5.41, 5.74) is 0. The molecule has 2 radical (unpaired) electrons. The quantitative estimate of drug-likeness (QED) is 0.428. The molecule has 1 atom stereocenters. The Hall–Kier alpha value is -0.643. The van der Waals surface area contributed by atoms with E-state index in [2.05, 4.69) is 39.9 Å². The third-order valence-electron chi connectivity index (χ3n) is 4.10. The van der Waals surface area contributed by atoms with Gasteiger partial charge in [-0.2, -0.15) is 0 Å². The fourth-order valence-corrected chi connectivity index (χ4v) is 2.95. The van der Waals surface area contributed by atoms with Crippen LogP contribution in [0.4, 0.5) is 0 Å². The smallest absolute Gasteiger partial charge is 0.225 e. The van der Waals surface area contributed by atoms with Crippen molar-refractivity contribution >= 4 is 20.3 Å². The third kappa shape index (κ3) is 3.18.